The van der Waals surface area contributed by atoms with E-state index >= 15 is 0 Å². The van der Waals surface area contributed by atoms with E-state index in [0.29, 0.717) is 35.9 Å². The van der Waals surface area contributed by atoms with Crippen molar-refractivity contribution in [3.63, 3.8) is 0 Å². The zero-order chi connectivity index (χ0) is 23.4. The van der Waals surface area contributed by atoms with Gasteiger partial charge < -0.3 is 20.9 Å². The molecule has 6 rings (SSSR count). The monoisotopic (exact) mass is 462 g/mol. The molecule has 1 saturated heterocycles. The topological polar surface area (TPSA) is 105 Å². The van der Waals surface area contributed by atoms with E-state index in [9.17, 15) is 9.18 Å². The number of nitrogens with one attached hydrogen (secondary N) is 1. The summed E-state index contributed by atoms with van der Waals surface area (Å²) in [5, 5.41) is 16.5. The molecule has 34 heavy (non-hydrogen) atoms. The fourth-order valence-electron chi connectivity index (χ4n) is 5.22. The number of hydrogen-bond acceptors (Lipinski definition) is 7. The van der Waals surface area contributed by atoms with Gasteiger partial charge >= 0.3 is 0 Å². The van der Waals surface area contributed by atoms with E-state index in [4.69, 9.17) is 5.73 Å². The Balaban J connectivity index is 1.53. The van der Waals surface area contributed by atoms with Gasteiger partial charge in [0.15, 0.2) is 11.5 Å². The van der Waals surface area contributed by atoms with Crippen LogP contribution in [-0.4, -0.2) is 56.5 Å². The number of anilines is 3. The second kappa shape index (κ2) is 7.96. The molecule has 1 aromatic carbocycles. The number of fused-ring (bicyclic) bond motifs is 8. The van der Waals surface area contributed by atoms with E-state index in [1.54, 1.807) is 30.1 Å². The lowest BCUT2D eigenvalue weighted by Gasteiger charge is -2.30. The maximum atomic E-state index is 14.4. The molecule has 1 aliphatic carbocycles. The van der Waals surface area contributed by atoms with Crippen LogP contribution >= 0.6 is 0 Å². The molecule has 9 nitrogen and oxygen atoms in total. The van der Waals surface area contributed by atoms with Crippen LogP contribution in [0.3, 0.4) is 0 Å². The molecule has 0 radical (unpaired) electrons. The summed E-state index contributed by atoms with van der Waals surface area (Å²) < 4.78 is 16.0. The van der Waals surface area contributed by atoms with E-state index in [2.05, 4.69) is 25.5 Å². The van der Waals surface area contributed by atoms with E-state index in [1.807, 2.05) is 11.0 Å². The van der Waals surface area contributed by atoms with Crippen LogP contribution in [0.1, 0.15) is 47.8 Å². The van der Waals surface area contributed by atoms with Gasteiger partial charge in [-0.1, -0.05) is 0 Å². The molecule has 3 aliphatic rings. The van der Waals surface area contributed by atoms with E-state index in [1.165, 1.54) is 6.07 Å². The minimum absolute atomic E-state index is 0.0463. The average molecular weight is 463 g/mol. The molecule has 2 aliphatic heterocycles. The number of hydrogen-bond donors (Lipinski definition) is 2. The molecule has 0 unspecified atom stereocenters. The van der Waals surface area contributed by atoms with Gasteiger partial charge in [0.05, 0.1) is 23.0 Å². The van der Waals surface area contributed by atoms with Gasteiger partial charge in [-0.2, -0.15) is 5.10 Å². The van der Waals surface area contributed by atoms with Crippen LogP contribution < -0.4 is 16.0 Å². The summed E-state index contributed by atoms with van der Waals surface area (Å²) in [4.78, 5) is 17.7. The fourth-order valence-corrected chi connectivity index (χ4v) is 5.22. The molecule has 3 aromatic rings. The summed E-state index contributed by atoms with van der Waals surface area (Å²) in [6.07, 6.45) is 5.60. The van der Waals surface area contributed by atoms with E-state index < -0.39 is 0 Å². The Labute approximate surface area is 196 Å². The second-order valence-corrected chi connectivity index (χ2v) is 9.30. The number of nitrogen functional groups attached to an aromatic ring is 1. The maximum absolute atomic E-state index is 14.4. The van der Waals surface area contributed by atoms with Gasteiger partial charge in [0.2, 0.25) is 0 Å². The quantitative estimate of drug-likeness (QED) is 0.573. The molecule has 1 amide bonds. The van der Waals surface area contributed by atoms with Crippen LogP contribution in [0.4, 0.5) is 21.6 Å². The highest BCUT2D eigenvalue weighted by Gasteiger charge is 2.36. The first-order valence-corrected chi connectivity index (χ1v) is 11.8. The van der Waals surface area contributed by atoms with E-state index in [-0.39, 0.29) is 23.8 Å². The Bertz CT molecular complexity index is 1270. The first-order valence-electron chi connectivity index (χ1n) is 11.8. The number of aromatic nitrogens is 4. The van der Waals surface area contributed by atoms with Gasteiger partial charge in [-0.25, -0.2) is 4.39 Å². The van der Waals surface area contributed by atoms with Crippen molar-refractivity contribution in [2.75, 3.05) is 35.6 Å². The number of nitrogens with zero attached hydrogens (tertiary/aromatic N) is 6. The lowest BCUT2D eigenvalue weighted by atomic mass is 10.0. The number of halogens is 1. The van der Waals surface area contributed by atoms with Crippen LogP contribution in [0, 0.1) is 5.82 Å². The highest BCUT2D eigenvalue weighted by molar-refractivity contribution is 5.99. The molecule has 4 heterocycles. The van der Waals surface area contributed by atoms with Crippen molar-refractivity contribution in [2.24, 2.45) is 7.05 Å². The first-order chi connectivity index (χ1) is 16.5. The molecular formula is C24H27FN8O. The lowest BCUT2D eigenvalue weighted by Crippen LogP contribution is -2.37. The number of rotatable bonds is 1. The Morgan fingerprint density at radius 2 is 1.97 bits per heavy atom. The smallest absolute Gasteiger partial charge is 0.275 e. The van der Waals surface area contributed by atoms with Crippen molar-refractivity contribution in [3.05, 3.63) is 47.5 Å². The Morgan fingerprint density at radius 3 is 2.79 bits per heavy atom. The van der Waals surface area contributed by atoms with E-state index in [0.717, 1.165) is 49.2 Å². The van der Waals surface area contributed by atoms with Crippen molar-refractivity contribution in [1.29, 1.82) is 0 Å². The van der Waals surface area contributed by atoms with Crippen LogP contribution in [0.2, 0.25) is 0 Å². The predicted molar refractivity (Wildman–Crippen MR) is 127 cm³/mol. The fraction of sp³-hybridized carbons (Fsp3) is 0.417. The third kappa shape index (κ3) is 3.53. The van der Waals surface area contributed by atoms with Gasteiger partial charge in [0.25, 0.3) is 5.91 Å². The third-order valence-electron chi connectivity index (χ3n) is 6.96. The number of benzene rings is 1. The zero-order valence-corrected chi connectivity index (χ0v) is 19.0. The number of carbonyl (C=O) groups is 1. The standard InChI is InChI=1S/C24H27FN8O/c1-31-13-17-19-12-21(23(26)29-28-19)33-9-2-3-20(33)16-11-14(25)4-7-18(16)27-8-10-32(15-5-6-15)24(34)22(17)30-31/h4,7,11-13,15,20,27H,2-3,5-6,8-10H2,1H3,(H2,26,29)/t20-/m1/s1. The van der Waals surface area contributed by atoms with Gasteiger partial charge in [-0.15, -0.1) is 10.2 Å². The Kier molecular flexibility index (Phi) is 4.89. The summed E-state index contributed by atoms with van der Waals surface area (Å²) >= 11 is 0. The molecule has 2 bridgehead atoms. The normalized spacial score (nSPS) is 20.3. The van der Waals surface area contributed by atoms with Crippen molar-refractivity contribution >= 4 is 23.1 Å². The largest absolute Gasteiger partial charge is 0.383 e. The molecule has 1 saturated carbocycles. The minimum Gasteiger partial charge on any atom is -0.383 e. The maximum Gasteiger partial charge on any atom is 0.275 e. The predicted octanol–water partition coefficient (Wildman–Crippen LogP) is 2.97. The van der Waals surface area contributed by atoms with Crippen LogP contribution in [0.15, 0.2) is 30.5 Å². The SMILES string of the molecule is Cn1cc2c(n1)C(=O)N(C1CC1)CCNc1ccc(F)cc1[C@H]1CCCN1c1cc-2nnc1N. The molecule has 0 spiro atoms. The molecule has 176 valence electrons. The number of nitrogens with two attached hydrogens (primary N) is 1. The number of amides is 1. The Hall–Kier alpha value is -3.69. The highest BCUT2D eigenvalue weighted by atomic mass is 19.1. The van der Waals surface area contributed by atoms with Gasteiger partial charge in [-0.3, -0.25) is 9.48 Å². The first kappa shape index (κ1) is 20.9. The van der Waals surface area contributed by atoms with Crippen molar-refractivity contribution in [3.8, 4) is 11.3 Å². The molecular weight excluding hydrogens is 435 g/mol. The van der Waals surface area contributed by atoms with Crippen molar-refractivity contribution in [1.82, 2.24) is 24.9 Å². The third-order valence-corrected chi connectivity index (χ3v) is 6.96. The molecule has 2 aromatic heterocycles. The molecule has 10 heteroatoms. The van der Waals surface area contributed by atoms with Gasteiger partial charge in [0.1, 0.15) is 5.82 Å². The average Bonchev–Trinajstić information content (AvgIpc) is 3.40. The number of aryl methyl sites for hydroxylation is 1. The summed E-state index contributed by atoms with van der Waals surface area (Å²) in [7, 11) is 1.80. The second-order valence-electron chi connectivity index (χ2n) is 9.30. The Morgan fingerprint density at radius 1 is 1.12 bits per heavy atom. The molecule has 3 N–H and O–H groups in total. The summed E-state index contributed by atoms with van der Waals surface area (Å²) in [5.74, 6) is -0.0784. The zero-order valence-electron chi connectivity index (χ0n) is 19.0. The van der Waals surface area contributed by atoms with Crippen LogP contribution in [0.5, 0.6) is 0 Å². The summed E-state index contributed by atoms with van der Waals surface area (Å²) in [5.41, 5.74) is 10.4. The van der Waals surface area contributed by atoms with Crippen molar-refractivity contribution in [2.45, 2.75) is 37.8 Å². The minimum atomic E-state index is -0.273. The molecule has 1 atom stereocenters. The summed E-state index contributed by atoms with van der Waals surface area (Å²) in [6.45, 7) is 1.86. The van der Waals surface area contributed by atoms with Gasteiger partial charge in [0, 0.05) is 50.2 Å². The number of carbonyl (C=O) groups excluding carboxylic acids is 1. The van der Waals surface area contributed by atoms with Gasteiger partial charge in [-0.05, 0) is 49.9 Å². The molecule has 2 fully saturated rings. The van der Waals surface area contributed by atoms with Crippen LogP contribution in [0.25, 0.3) is 11.3 Å². The highest BCUT2D eigenvalue weighted by Crippen LogP contribution is 2.42. The summed E-state index contributed by atoms with van der Waals surface area (Å²) in [6, 6.07) is 6.91. The van der Waals surface area contributed by atoms with Crippen LogP contribution in [-0.2, 0) is 7.05 Å². The lowest BCUT2D eigenvalue weighted by molar-refractivity contribution is 0.0744. The van der Waals surface area contributed by atoms with Crippen molar-refractivity contribution < 1.29 is 9.18 Å².